The van der Waals surface area contributed by atoms with Gasteiger partial charge in [0.1, 0.15) is 0 Å². The lowest BCUT2D eigenvalue weighted by Gasteiger charge is -2.32. The topological polar surface area (TPSA) is 44.4 Å². The lowest BCUT2D eigenvalue weighted by molar-refractivity contribution is -0.116. The Morgan fingerprint density at radius 3 is 3.00 bits per heavy atom. The van der Waals surface area contributed by atoms with Crippen molar-refractivity contribution in [3.05, 3.63) is 29.3 Å². The zero-order chi connectivity index (χ0) is 15.1. The van der Waals surface area contributed by atoms with E-state index in [1.54, 1.807) is 12.1 Å². The van der Waals surface area contributed by atoms with Crippen molar-refractivity contribution in [2.24, 2.45) is 5.92 Å². The first-order chi connectivity index (χ1) is 10.2. The van der Waals surface area contributed by atoms with Gasteiger partial charge in [0.2, 0.25) is 5.91 Å². The van der Waals surface area contributed by atoms with Crippen molar-refractivity contribution in [2.75, 3.05) is 38.5 Å². The standard InChI is InChI=1S/C16H24ClN3O.ClH/c1-18-11-13-4-3-8-20(12-13)9-7-16(21)19-15-6-2-5-14(17)10-15;/h2,5-6,10,13,18H,3-4,7-9,11-12H2,1H3,(H,19,21);1H. The number of hydrogen-bond acceptors (Lipinski definition) is 3. The molecule has 0 bridgehead atoms. The predicted octanol–water partition coefficient (Wildman–Crippen LogP) is 3.02. The average Bonchev–Trinajstić information content (AvgIpc) is 2.46. The van der Waals surface area contributed by atoms with Crippen LogP contribution >= 0.6 is 24.0 Å². The van der Waals surface area contributed by atoms with Gasteiger partial charge in [0.05, 0.1) is 0 Å². The number of piperidine rings is 1. The minimum atomic E-state index is 0. The third-order valence-corrected chi connectivity index (χ3v) is 4.09. The van der Waals surface area contributed by atoms with Crippen LogP contribution in [0.2, 0.25) is 5.02 Å². The number of benzene rings is 1. The molecule has 1 heterocycles. The lowest BCUT2D eigenvalue weighted by Crippen LogP contribution is -2.40. The molecule has 1 atom stereocenters. The third kappa shape index (κ3) is 6.53. The molecule has 1 amide bonds. The first kappa shape index (κ1) is 19.2. The van der Waals surface area contributed by atoms with Crippen molar-refractivity contribution in [1.29, 1.82) is 0 Å². The summed E-state index contributed by atoms with van der Waals surface area (Å²) in [5, 5.41) is 6.78. The summed E-state index contributed by atoms with van der Waals surface area (Å²) in [7, 11) is 2.00. The molecular formula is C16H25Cl2N3O. The maximum Gasteiger partial charge on any atom is 0.225 e. The second-order valence-corrected chi connectivity index (χ2v) is 6.11. The second kappa shape index (κ2) is 10.1. The van der Waals surface area contributed by atoms with Crippen LogP contribution in [0.4, 0.5) is 5.69 Å². The molecule has 0 saturated carbocycles. The van der Waals surface area contributed by atoms with Crippen LogP contribution in [0.25, 0.3) is 0 Å². The summed E-state index contributed by atoms with van der Waals surface area (Å²) in [6.45, 7) is 4.08. The van der Waals surface area contributed by atoms with E-state index < -0.39 is 0 Å². The zero-order valence-corrected chi connectivity index (χ0v) is 14.6. The summed E-state index contributed by atoms with van der Waals surface area (Å²) >= 11 is 5.91. The van der Waals surface area contributed by atoms with Crippen molar-refractivity contribution in [3.8, 4) is 0 Å². The molecule has 0 aromatic heterocycles. The van der Waals surface area contributed by atoms with Crippen LogP contribution < -0.4 is 10.6 Å². The Morgan fingerprint density at radius 2 is 2.27 bits per heavy atom. The molecule has 1 unspecified atom stereocenters. The molecule has 0 aliphatic carbocycles. The molecule has 6 heteroatoms. The molecule has 2 rings (SSSR count). The van der Waals surface area contributed by atoms with E-state index in [1.807, 2.05) is 19.2 Å². The van der Waals surface area contributed by atoms with Gasteiger partial charge >= 0.3 is 0 Å². The summed E-state index contributed by atoms with van der Waals surface area (Å²) in [5.74, 6) is 0.757. The molecule has 1 aromatic carbocycles. The highest BCUT2D eigenvalue weighted by Gasteiger charge is 2.19. The molecule has 22 heavy (non-hydrogen) atoms. The van der Waals surface area contributed by atoms with Gasteiger partial charge in [0, 0.05) is 30.2 Å². The number of likely N-dealkylation sites (tertiary alicyclic amines) is 1. The fraction of sp³-hybridized carbons (Fsp3) is 0.562. The minimum absolute atomic E-state index is 0. The third-order valence-electron chi connectivity index (χ3n) is 3.86. The second-order valence-electron chi connectivity index (χ2n) is 5.68. The van der Waals surface area contributed by atoms with Gasteiger partial charge in [-0.2, -0.15) is 0 Å². The Morgan fingerprint density at radius 1 is 1.45 bits per heavy atom. The molecule has 1 aromatic rings. The van der Waals surface area contributed by atoms with Crippen LogP contribution in [0, 0.1) is 5.92 Å². The normalized spacial score (nSPS) is 18.5. The number of hydrogen-bond donors (Lipinski definition) is 2. The van der Waals surface area contributed by atoms with Crippen LogP contribution in [0.1, 0.15) is 19.3 Å². The number of carbonyl (C=O) groups excluding carboxylic acids is 1. The smallest absolute Gasteiger partial charge is 0.225 e. The Labute approximate surface area is 144 Å². The van der Waals surface area contributed by atoms with Gasteiger partial charge in [-0.25, -0.2) is 0 Å². The first-order valence-corrected chi connectivity index (χ1v) is 7.97. The molecule has 1 fully saturated rings. The lowest BCUT2D eigenvalue weighted by atomic mass is 9.98. The van der Waals surface area contributed by atoms with Crippen molar-refractivity contribution >= 4 is 35.6 Å². The largest absolute Gasteiger partial charge is 0.326 e. The van der Waals surface area contributed by atoms with Gasteiger partial charge < -0.3 is 15.5 Å². The molecular weight excluding hydrogens is 321 g/mol. The number of nitrogens with zero attached hydrogens (tertiary/aromatic N) is 1. The number of amides is 1. The molecule has 0 radical (unpaired) electrons. The summed E-state index contributed by atoms with van der Waals surface area (Å²) in [4.78, 5) is 14.4. The molecule has 4 nitrogen and oxygen atoms in total. The van der Waals surface area contributed by atoms with E-state index in [0.29, 0.717) is 17.4 Å². The quantitative estimate of drug-likeness (QED) is 0.832. The Balaban J connectivity index is 0.00000242. The summed E-state index contributed by atoms with van der Waals surface area (Å²) in [6, 6.07) is 7.26. The van der Waals surface area contributed by atoms with E-state index in [0.717, 1.165) is 31.9 Å². The number of rotatable bonds is 6. The van der Waals surface area contributed by atoms with Gasteiger partial charge in [0.25, 0.3) is 0 Å². The molecule has 1 aliphatic heterocycles. The maximum absolute atomic E-state index is 12.0. The maximum atomic E-state index is 12.0. The van der Waals surface area contributed by atoms with Crippen molar-refractivity contribution < 1.29 is 4.79 Å². The van der Waals surface area contributed by atoms with Crippen LogP contribution in [0.5, 0.6) is 0 Å². The summed E-state index contributed by atoms with van der Waals surface area (Å²) in [5.41, 5.74) is 0.763. The van der Waals surface area contributed by atoms with E-state index in [2.05, 4.69) is 15.5 Å². The number of nitrogens with one attached hydrogen (secondary N) is 2. The van der Waals surface area contributed by atoms with E-state index in [9.17, 15) is 4.79 Å². The van der Waals surface area contributed by atoms with Gasteiger partial charge in [-0.3, -0.25) is 4.79 Å². The number of carbonyl (C=O) groups is 1. The van der Waals surface area contributed by atoms with Crippen LogP contribution in [0.3, 0.4) is 0 Å². The molecule has 124 valence electrons. The van der Waals surface area contributed by atoms with Gasteiger partial charge in [-0.1, -0.05) is 17.7 Å². The zero-order valence-electron chi connectivity index (χ0n) is 13.0. The van der Waals surface area contributed by atoms with E-state index in [1.165, 1.54) is 12.8 Å². The summed E-state index contributed by atoms with van der Waals surface area (Å²) < 4.78 is 0. The highest BCUT2D eigenvalue weighted by atomic mass is 35.5. The van der Waals surface area contributed by atoms with Crippen LogP contribution in [-0.4, -0.2) is 44.0 Å². The fourth-order valence-electron chi connectivity index (χ4n) is 2.86. The number of anilines is 1. The van der Waals surface area contributed by atoms with Crippen molar-refractivity contribution in [2.45, 2.75) is 19.3 Å². The molecule has 0 spiro atoms. The van der Waals surface area contributed by atoms with E-state index in [4.69, 9.17) is 11.6 Å². The van der Waals surface area contributed by atoms with Crippen molar-refractivity contribution in [3.63, 3.8) is 0 Å². The molecule has 1 saturated heterocycles. The summed E-state index contributed by atoms with van der Waals surface area (Å²) in [6.07, 6.45) is 3.03. The van der Waals surface area contributed by atoms with Gasteiger partial charge in [0.15, 0.2) is 0 Å². The Bertz CT molecular complexity index is 468. The predicted molar refractivity (Wildman–Crippen MR) is 95.0 cm³/mol. The highest BCUT2D eigenvalue weighted by Crippen LogP contribution is 2.17. The van der Waals surface area contributed by atoms with Crippen LogP contribution in [-0.2, 0) is 4.79 Å². The fourth-order valence-corrected chi connectivity index (χ4v) is 3.05. The first-order valence-electron chi connectivity index (χ1n) is 7.60. The monoisotopic (exact) mass is 345 g/mol. The average molecular weight is 346 g/mol. The van der Waals surface area contributed by atoms with Gasteiger partial charge in [-0.15, -0.1) is 12.4 Å². The van der Waals surface area contributed by atoms with E-state index >= 15 is 0 Å². The Kier molecular flexibility index (Phi) is 8.79. The molecule has 1 aliphatic rings. The van der Waals surface area contributed by atoms with Gasteiger partial charge in [-0.05, 0) is 57.1 Å². The van der Waals surface area contributed by atoms with Crippen molar-refractivity contribution in [1.82, 2.24) is 10.2 Å². The van der Waals surface area contributed by atoms with Crippen LogP contribution in [0.15, 0.2) is 24.3 Å². The molecule has 2 N–H and O–H groups in total. The number of halogens is 2. The minimum Gasteiger partial charge on any atom is -0.326 e. The highest BCUT2D eigenvalue weighted by molar-refractivity contribution is 6.30. The SMILES string of the molecule is CNCC1CCCN(CCC(=O)Nc2cccc(Cl)c2)C1.Cl. The Hall–Kier alpha value is -0.810. The van der Waals surface area contributed by atoms with E-state index in [-0.39, 0.29) is 18.3 Å².